The van der Waals surface area contributed by atoms with Crippen LogP contribution in [0.1, 0.15) is 48.5 Å². The maximum Gasteiger partial charge on any atom is 0.337 e. The predicted octanol–water partition coefficient (Wildman–Crippen LogP) is 3.33. The van der Waals surface area contributed by atoms with Gasteiger partial charge in [0.2, 0.25) is 0 Å². The van der Waals surface area contributed by atoms with Gasteiger partial charge in [-0.25, -0.2) is 9.78 Å². The second-order valence-electron chi connectivity index (χ2n) is 5.14. The van der Waals surface area contributed by atoms with Crippen LogP contribution < -0.4 is 0 Å². The van der Waals surface area contributed by atoms with Gasteiger partial charge >= 0.3 is 5.97 Å². The Morgan fingerprint density at radius 2 is 2.11 bits per heavy atom. The largest absolute Gasteiger partial charge is 0.465 e. The molecule has 1 aliphatic rings. The standard InChI is InChI=1S/C15H18N2O2/c1-19-15(18)11-7-8-14-13(9-11)16-10-17(14)12-5-3-2-4-6-12/h7-10,12H,2-6H2,1H3. The number of fused-ring (bicyclic) bond motifs is 1. The van der Waals surface area contributed by atoms with Crippen molar-refractivity contribution in [1.82, 2.24) is 9.55 Å². The first-order valence-electron chi connectivity index (χ1n) is 6.84. The van der Waals surface area contributed by atoms with Gasteiger partial charge in [0.1, 0.15) is 0 Å². The molecule has 0 unspecified atom stereocenters. The molecule has 1 saturated carbocycles. The van der Waals surface area contributed by atoms with Crippen molar-refractivity contribution in [3.8, 4) is 0 Å². The second kappa shape index (κ2) is 5.03. The van der Waals surface area contributed by atoms with Crippen LogP contribution in [-0.4, -0.2) is 22.6 Å². The number of rotatable bonds is 2. The Hall–Kier alpha value is -1.84. The quantitative estimate of drug-likeness (QED) is 0.776. The van der Waals surface area contributed by atoms with Crippen LogP contribution in [0.15, 0.2) is 24.5 Å². The second-order valence-corrected chi connectivity index (χ2v) is 5.14. The Morgan fingerprint density at radius 3 is 2.84 bits per heavy atom. The Morgan fingerprint density at radius 1 is 1.32 bits per heavy atom. The molecule has 0 spiro atoms. The van der Waals surface area contributed by atoms with Crippen molar-refractivity contribution in [3.05, 3.63) is 30.1 Å². The van der Waals surface area contributed by atoms with Gasteiger partial charge in [-0.05, 0) is 31.0 Å². The van der Waals surface area contributed by atoms with Crippen molar-refractivity contribution in [2.45, 2.75) is 38.1 Å². The third kappa shape index (κ3) is 2.23. The van der Waals surface area contributed by atoms with Crippen molar-refractivity contribution in [2.24, 2.45) is 0 Å². The molecular weight excluding hydrogens is 240 g/mol. The van der Waals surface area contributed by atoms with E-state index < -0.39 is 0 Å². The summed E-state index contributed by atoms with van der Waals surface area (Å²) in [6.45, 7) is 0. The summed E-state index contributed by atoms with van der Waals surface area (Å²) >= 11 is 0. The normalized spacial score (nSPS) is 16.7. The van der Waals surface area contributed by atoms with E-state index in [2.05, 4.69) is 9.55 Å². The highest BCUT2D eigenvalue weighted by molar-refractivity contribution is 5.93. The van der Waals surface area contributed by atoms with E-state index in [1.165, 1.54) is 39.2 Å². The number of hydrogen-bond acceptors (Lipinski definition) is 3. The fraction of sp³-hybridized carbons (Fsp3) is 0.467. The zero-order valence-electron chi connectivity index (χ0n) is 11.1. The molecule has 0 bridgehead atoms. The van der Waals surface area contributed by atoms with Gasteiger partial charge in [0, 0.05) is 6.04 Å². The molecule has 1 aromatic heterocycles. The highest BCUT2D eigenvalue weighted by Gasteiger charge is 2.17. The van der Waals surface area contributed by atoms with Crippen LogP contribution in [0.3, 0.4) is 0 Å². The average molecular weight is 258 g/mol. The van der Waals surface area contributed by atoms with Gasteiger partial charge in [0.05, 0.1) is 30.0 Å². The molecule has 4 nitrogen and oxygen atoms in total. The summed E-state index contributed by atoms with van der Waals surface area (Å²) in [5, 5.41) is 0. The molecule has 0 aliphatic heterocycles. The molecule has 1 fully saturated rings. The summed E-state index contributed by atoms with van der Waals surface area (Å²) in [7, 11) is 1.40. The van der Waals surface area contributed by atoms with E-state index in [0.717, 1.165) is 11.0 Å². The van der Waals surface area contributed by atoms with E-state index in [-0.39, 0.29) is 5.97 Å². The summed E-state index contributed by atoms with van der Waals surface area (Å²) in [6.07, 6.45) is 8.29. The molecule has 100 valence electrons. The van der Waals surface area contributed by atoms with Crippen molar-refractivity contribution in [1.29, 1.82) is 0 Å². The third-order valence-electron chi connectivity index (χ3n) is 3.96. The summed E-state index contributed by atoms with van der Waals surface area (Å²) in [4.78, 5) is 15.9. The van der Waals surface area contributed by atoms with E-state index in [4.69, 9.17) is 4.74 Å². The molecule has 1 heterocycles. The number of imidazole rings is 1. The third-order valence-corrected chi connectivity index (χ3v) is 3.96. The number of nitrogens with zero attached hydrogens (tertiary/aromatic N) is 2. The number of benzene rings is 1. The molecule has 4 heteroatoms. The summed E-state index contributed by atoms with van der Waals surface area (Å²) in [5.41, 5.74) is 2.54. The number of carbonyl (C=O) groups is 1. The molecule has 0 radical (unpaired) electrons. The van der Waals surface area contributed by atoms with Crippen molar-refractivity contribution in [2.75, 3.05) is 7.11 Å². The lowest BCUT2D eigenvalue weighted by atomic mass is 9.95. The average Bonchev–Trinajstić information content (AvgIpc) is 2.90. The van der Waals surface area contributed by atoms with Crippen LogP contribution in [0.25, 0.3) is 11.0 Å². The van der Waals surface area contributed by atoms with Crippen LogP contribution in [0.5, 0.6) is 0 Å². The Kier molecular flexibility index (Phi) is 3.23. The lowest BCUT2D eigenvalue weighted by molar-refractivity contribution is 0.0601. The Bertz CT molecular complexity index is 597. The molecule has 0 saturated heterocycles. The molecule has 1 aliphatic carbocycles. The van der Waals surface area contributed by atoms with Gasteiger partial charge in [-0.3, -0.25) is 0 Å². The fourth-order valence-corrected chi connectivity index (χ4v) is 2.93. The highest BCUT2D eigenvalue weighted by Crippen LogP contribution is 2.30. The van der Waals surface area contributed by atoms with Gasteiger partial charge in [0.15, 0.2) is 0 Å². The van der Waals surface area contributed by atoms with Crippen LogP contribution in [0.4, 0.5) is 0 Å². The maximum absolute atomic E-state index is 11.5. The van der Waals surface area contributed by atoms with Crippen LogP contribution in [0, 0.1) is 0 Å². The van der Waals surface area contributed by atoms with E-state index in [1.54, 1.807) is 6.07 Å². The minimum Gasteiger partial charge on any atom is -0.465 e. The van der Waals surface area contributed by atoms with Gasteiger partial charge in [0.25, 0.3) is 0 Å². The van der Waals surface area contributed by atoms with E-state index in [9.17, 15) is 4.79 Å². The molecule has 1 aromatic carbocycles. The van der Waals surface area contributed by atoms with E-state index in [0.29, 0.717) is 11.6 Å². The first-order chi connectivity index (χ1) is 9.29. The summed E-state index contributed by atoms with van der Waals surface area (Å²) < 4.78 is 6.99. The van der Waals surface area contributed by atoms with Crippen molar-refractivity contribution >= 4 is 17.0 Å². The molecule has 0 amide bonds. The molecule has 0 atom stereocenters. The number of carbonyl (C=O) groups excluding carboxylic acids is 1. The Balaban J connectivity index is 1.97. The molecule has 2 aromatic rings. The molecular formula is C15H18N2O2. The van der Waals surface area contributed by atoms with Crippen molar-refractivity contribution < 1.29 is 9.53 Å². The van der Waals surface area contributed by atoms with Crippen molar-refractivity contribution in [3.63, 3.8) is 0 Å². The van der Waals surface area contributed by atoms with Crippen LogP contribution >= 0.6 is 0 Å². The minimum atomic E-state index is -0.311. The zero-order chi connectivity index (χ0) is 13.2. The van der Waals surface area contributed by atoms with E-state index >= 15 is 0 Å². The number of esters is 1. The number of methoxy groups -OCH3 is 1. The SMILES string of the molecule is COC(=O)c1ccc2c(c1)ncn2C1CCCCC1. The topological polar surface area (TPSA) is 44.1 Å². The van der Waals surface area contributed by atoms with Crippen LogP contribution in [0.2, 0.25) is 0 Å². The summed E-state index contributed by atoms with van der Waals surface area (Å²) in [5.74, 6) is -0.311. The van der Waals surface area contributed by atoms with Crippen LogP contribution in [-0.2, 0) is 4.74 Å². The zero-order valence-corrected chi connectivity index (χ0v) is 11.1. The monoisotopic (exact) mass is 258 g/mol. The lowest BCUT2D eigenvalue weighted by Crippen LogP contribution is -2.11. The smallest absolute Gasteiger partial charge is 0.337 e. The number of ether oxygens (including phenoxy) is 1. The lowest BCUT2D eigenvalue weighted by Gasteiger charge is -2.23. The van der Waals surface area contributed by atoms with Gasteiger partial charge in [-0.2, -0.15) is 0 Å². The fourth-order valence-electron chi connectivity index (χ4n) is 2.93. The highest BCUT2D eigenvalue weighted by atomic mass is 16.5. The maximum atomic E-state index is 11.5. The first-order valence-corrected chi connectivity index (χ1v) is 6.84. The first kappa shape index (κ1) is 12.2. The molecule has 19 heavy (non-hydrogen) atoms. The van der Waals surface area contributed by atoms with Gasteiger partial charge < -0.3 is 9.30 Å². The predicted molar refractivity (Wildman–Crippen MR) is 73.2 cm³/mol. The Labute approximate surface area is 112 Å². The van der Waals surface area contributed by atoms with Gasteiger partial charge in [-0.1, -0.05) is 19.3 Å². The van der Waals surface area contributed by atoms with Gasteiger partial charge in [-0.15, -0.1) is 0 Å². The minimum absolute atomic E-state index is 0.311. The molecule has 0 N–H and O–H groups in total. The number of aromatic nitrogens is 2. The number of hydrogen-bond donors (Lipinski definition) is 0. The summed E-state index contributed by atoms with van der Waals surface area (Å²) in [6, 6.07) is 6.15. The van der Waals surface area contributed by atoms with E-state index in [1.807, 2.05) is 18.5 Å². The molecule has 3 rings (SSSR count).